The molecule has 0 saturated carbocycles. The molecule has 0 spiro atoms. The molecule has 0 aliphatic heterocycles. The number of nitrogens with zero attached hydrogens (tertiary/aromatic N) is 3. The molecule has 1 aromatic heterocycles. The second-order valence-corrected chi connectivity index (χ2v) is 24.0. The summed E-state index contributed by atoms with van der Waals surface area (Å²) in [6.45, 7) is 11.0. The maximum atomic E-state index is 15.2. The van der Waals surface area contributed by atoms with Gasteiger partial charge < -0.3 is 28.4 Å². The van der Waals surface area contributed by atoms with E-state index in [1.807, 2.05) is 0 Å². The number of unbranched alkanes of at least 4 members (excludes halogenated alkanes) is 12. The summed E-state index contributed by atoms with van der Waals surface area (Å²) in [4.78, 5) is 112. The zero-order valence-corrected chi connectivity index (χ0v) is 52.2. The Hall–Kier alpha value is -5.85. The van der Waals surface area contributed by atoms with Crippen molar-refractivity contribution in [3.63, 3.8) is 0 Å². The smallest absolute Gasteiger partial charge is 0.430 e. The van der Waals surface area contributed by atoms with Gasteiger partial charge in [0, 0.05) is 55.1 Å². The quantitative estimate of drug-likeness (QED) is 0.0194. The predicted octanol–water partition coefficient (Wildman–Crippen LogP) is 12.1. The Labute approximate surface area is 533 Å². The molecule has 1 rings (SSSR count). The lowest BCUT2D eigenvalue weighted by Gasteiger charge is -2.34. The molecule has 0 aliphatic rings. The third kappa shape index (κ3) is 32.5. The van der Waals surface area contributed by atoms with Crippen molar-refractivity contribution in [2.75, 3.05) is 62.7 Å². The highest BCUT2D eigenvalue weighted by Gasteiger charge is 2.75. The molecule has 19 nitrogen and oxygen atoms in total. The predicted molar refractivity (Wildman–Crippen MR) is 325 cm³/mol. The van der Waals surface area contributed by atoms with Crippen LogP contribution in [0.1, 0.15) is 151 Å². The van der Waals surface area contributed by atoms with Crippen LogP contribution in [0.5, 0.6) is 0 Å². The first-order valence-electron chi connectivity index (χ1n) is 28.8. The van der Waals surface area contributed by atoms with Gasteiger partial charge in [0.25, 0.3) is 0 Å². The molecule has 0 amide bonds. The Bertz CT molecular complexity index is 2460. The fraction of sp³-hybridized carbons (Fsp3) is 0.717. The average molecular weight is 1360 g/mol. The number of hydrogen-bond acceptors (Lipinski definition) is 18. The molecule has 0 aliphatic carbocycles. The van der Waals surface area contributed by atoms with Gasteiger partial charge >= 0.3 is 82.9 Å². The molecule has 0 aromatic carbocycles. The molecule has 524 valence electrons. The first-order chi connectivity index (χ1) is 41.6. The molecule has 0 unspecified atom stereocenters. The second-order valence-electron chi connectivity index (χ2n) is 21.6. The zero-order valence-electron chi connectivity index (χ0n) is 50.5. The first kappa shape index (κ1) is 87.2. The number of hydrogen-bond donors (Lipinski definition) is 0. The summed E-state index contributed by atoms with van der Waals surface area (Å²) in [5.41, 5.74) is -7.18. The van der Waals surface area contributed by atoms with E-state index in [9.17, 15) is 78.3 Å². The van der Waals surface area contributed by atoms with Crippen LogP contribution in [0.25, 0.3) is 0 Å². The minimum atomic E-state index is -6.90. The van der Waals surface area contributed by atoms with Crippen molar-refractivity contribution >= 4 is 59.3 Å². The van der Waals surface area contributed by atoms with Crippen molar-refractivity contribution < 1.29 is 106 Å². The van der Waals surface area contributed by atoms with Gasteiger partial charge in [0.05, 0.1) is 26.1 Å². The van der Waals surface area contributed by atoms with Crippen molar-refractivity contribution in [1.82, 2.24) is 13.7 Å². The van der Waals surface area contributed by atoms with E-state index in [4.69, 9.17) is 28.4 Å². The highest BCUT2D eigenvalue weighted by Crippen LogP contribution is 2.50. The summed E-state index contributed by atoms with van der Waals surface area (Å²) in [5.74, 6) is -20.9. The van der Waals surface area contributed by atoms with Crippen LogP contribution in [-0.2, 0) is 81.6 Å². The van der Waals surface area contributed by atoms with Gasteiger partial charge in [-0.05, 0) is 61.5 Å². The number of alkyl halides is 10. The number of carbonyl (C=O) groups excluding carboxylic acids is 6. The molecule has 31 heteroatoms. The topological polar surface area (TPSA) is 233 Å². The fourth-order valence-corrected chi connectivity index (χ4v) is 9.85. The standard InChI is InChI=1S/C58H83F10N3O16S2.2CH4/c1-8-43(72)83-39-52(5,40-84-44(73)9-2)36-47(76)81-30-22-18-14-12-16-20-24-32-88-34-26-28-69-49(78)70(51(80)71(50(69)79)38-55(61,62)57(65,66)87-58(67,68)56(63,64)54(7,59)60)29-27-35-89-33-25-21-17-13-15-19-23-31-82-48(77)37-53(6,41-85-45(74)10-3)42-86-46(75)11-4;;/h8-11H,1-4,12-42H2,5-7H3;2*1H4. The number of halogens is 10. The summed E-state index contributed by atoms with van der Waals surface area (Å²) >= 11 is 2.77. The van der Waals surface area contributed by atoms with E-state index >= 15 is 8.78 Å². The Kier molecular flexibility index (Phi) is 41.3. The molecule has 0 N–H and O–H groups in total. The van der Waals surface area contributed by atoms with Crippen LogP contribution >= 0.6 is 23.5 Å². The third-order valence-electron chi connectivity index (χ3n) is 13.1. The number of thioether (sulfide) groups is 2. The van der Waals surface area contributed by atoms with Crippen LogP contribution in [0.15, 0.2) is 65.0 Å². The monoisotopic (exact) mass is 1360 g/mol. The van der Waals surface area contributed by atoms with Gasteiger partial charge in [-0.15, -0.1) is 0 Å². The number of carbonyl (C=O) groups is 6. The Morgan fingerprint density at radius 2 is 0.703 bits per heavy atom. The van der Waals surface area contributed by atoms with E-state index in [0.717, 1.165) is 101 Å². The van der Waals surface area contributed by atoms with E-state index in [2.05, 4.69) is 31.1 Å². The molecule has 1 heterocycles. The molecule has 0 fully saturated rings. The largest absolute Gasteiger partial charge is 0.466 e. The molecule has 1 aromatic rings. The van der Waals surface area contributed by atoms with Crippen LogP contribution in [0.3, 0.4) is 0 Å². The molecule has 0 radical (unpaired) electrons. The van der Waals surface area contributed by atoms with Crippen molar-refractivity contribution in [3.8, 4) is 0 Å². The van der Waals surface area contributed by atoms with Gasteiger partial charge in [0.15, 0.2) is 0 Å². The minimum absolute atomic E-state index is 0. The molecule has 0 bridgehead atoms. The fourth-order valence-electron chi connectivity index (χ4n) is 7.96. The van der Waals surface area contributed by atoms with Gasteiger partial charge in [-0.3, -0.25) is 9.59 Å². The number of aromatic nitrogens is 3. The second kappa shape index (κ2) is 43.1. The summed E-state index contributed by atoms with van der Waals surface area (Å²) < 4.78 is 175. The minimum Gasteiger partial charge on any atom is -0.466 e. The zero-order chi connectivity index (χ0) is 67.5. The van der Waals surface area contributed by atoms with E-state index in [1.165, 1.54) is 23.5 Å². The highest BCUT2D eigenvalue weighted by molar-refractivity contribution is 7.99. The van der Waals surface area contributed by atoms with Crippen LogP contribution in [0.4, 0.5) is 43.9 Å². The van der Waals surface area contributed by atoms with Gasteiger partial charge in [-0.25, -0.2) is 52.0 Å². The van der Waals surface area contributed by atoms with E-state index in [0.29, 0.717) is 33.5 Å². The number of esters is 6. The van der Waals surface area contributed by atoms with E-state index in [-0.39, 0.29) is 91.7 Å². The molecule has 0 atom stereocenters. The van der Waals surface area contributed by atoms with Gasteiger partial charge in [0.1, 0.15) is 33.0 Å². The maximum Gasteiger partial charge on any atom is 0.430 e. The first-order valence-corrected chi connectivity index (χ1v) is 31.1. The third-order valence-corrected chi connectivity index (χ3v) is 15.4. The highest BCUT2D eigenvalue weighted by atomic mass is 32.2. The van der Waals surface area contributed by atoms with Gasteiger partial charge in [-0.2, -0.15) is 67.4 Å². The summed E-state index contributed by atoms with van der Waals surface area (Å²) in [5, 5.41) is 0. The van der Waals surface area contributed by atoms with Crippen molar-refractivity contribution in [2.45, 2.75) is 201 Å². The van der Waals surface area contributed by atoms with E-state index in [1.54, 1.807) is 13.8 Å². The molecule has 91 heavy (non-hydrogen) atoms. The van der Waals surface area contributed by atoms with Crippen LogP contribution in [0, 0.1) is 10.8 Å². The Morgan fingerprint density at radius 1 is 0.418 bits per heavy atom. The number of ether oxygens (including phenoxy) is 7. The maximum absolute atomic E-state index is 15.2. The van der Waals surface area contributed by atoms with Crippen LogP contribution in [0.2, 0.25) is 0 Å². The normalized spacial score (nSPS) is 12.1. The Balaban J connectivity index is 0. The average Bonchev–Trinajstić information content (AvgIpc) is 0.761. The van der Waals surface area contributed by atoms with Gasteiger partial charge in [-0.1, -0.05) is 119 Å². The lowest BCUT2D eigenvalue weighted by molar-refractivity contribution is -0.485. The molecular weight excluding hydrogens is 1270 g/mol. The van der Waals surface area contributed by atoms with Crippen molar-refractivity contribution in [2.24, 2.45) is 10.8 Å². The van der Waals surface area contributed by atoms with E-state index < -0.39 is 125 Å². The SMILES string of the molecule is C.C.C=CC(=O)OCC(C)(COC(=O)C=C)CC(=O)OCCCCCCCCCSCCCn1c(=O)n(CCCSCCCCCCCCCOC(=O)CC(C)(COC(=O)C=C)COC(=O)C=C)c(=O)n(CC(F)(F)C(F)(F)OC(F)(F)C(F)(F)C(C)(F)F)c1=O. The number of rotatable bonds is 51. The lowest BCUT2D eigenvalue weighted by atomic mass is 9.88. The lowest BCUT2D eigenvalue weighted by Crippen LogP contribution is -2.61. The molecule has 0 saturated heterocycles. The van der Waals surface area contributed by atoms with Crippen molar-refractivity contribution in [1.29, 1.82) is 0 Å². The van der Waals surface area contributed by atoms with Gasteiger partial charge in [0.2, 0.25) is 0 Å². The van der Waals surface area contributed by atoms with Crippen molar-refractivity contribution in [3.05, 3.63) is 82.1 Å². The summed E-state index contributed by atoms with van der Waals surface area (Å²) in [7, 11) is 0. The summed E-state index contributed by atoms with van der Waals surface area (Å²) in [6, 6.07) is 0. The Morgan fingerprint density at radius 3 is 1.01 bits per heavy atom. The summed E-state index contributed by atoms with van der Waals surface area (Å²) in [6.07, 6.45) is 0.526. The molecular formula is C60H91F10N3O16S2. The van der Waals surface area contributed by atoms with Crippen LogP contribution < -0.4 is 17.1 Å². The van der Waals surface area contributed by atoms with Crippen LogP contribution in [-0.4, -0.2) is 142 Å².